The third-order valence-corrected chi connectivity index (χ3v) is 10.6. The first-order valence-electron chi connectivity index (χ1n) is 10.4. The van der Waals surface area contributed by atoms with Gasteiger partial charge in [-0.25, -0.2) is 4.79 Å². The summed E-state index contributed by atoms with van der Waals surface area (Å²) >= 11 is 0. The number of carbonyl (C=O) groups is 1. The lowest BCUT2D eigenvalue weighted by Gasteiger charge is -2.36. The Morgan fingerprint density at radius 2 is 1.57 bits per heavy atom. The van der Waals surface area contributed by atoms with Crippen molar-refractivity contribution in [2.45, 2.75) is 63.1 Å². The molecule has 1 aliphatic rings. The summed E-state index contributed by atoms with van der Waals surface area (Å²) in [4.78, 5) is 12.3. The van der Waals surface area contributed by atoms with Crippen molar-refractivity contribution in [3.05, 3.63) is 59.7 Å². The first-order chi connectivity index (χ1) is 14.2. The molecule has 1 heterocycles. The van der Waals surface area contributed by atoms with E-state index in [-0.39, 0.29) is 11.5 Å². The maximum Gasteiger partial charge on any atom is 0.573 e. The highest BCUT2D eigenvalue weighted by Crippen LogP contribution is 2.40. The summed E-state index contributed by atoms with van der Waals surface area (Å²) in [6.45, 7) is 4.79. The predicted octanol–water partition coefficient (Wildman–Crippen LogP) is 7.17. The number of rotatable bonds is 6. The molecular weight excluding hydrogens is 409 g/mol. The van der Waals surface area contributed by atoms with E-state index in [0.717, 1.165) is 12.1 Å². The molecule has 1 fully saturated rings. The molecule has 0 unspecified atom stereocenters. The number of alkyl halides is 3. The Labute approximate surface area is 176 Å². The molecular formula is C23H27F3O3Si. The van der Waals surface area contributed by atoms with Gasteiger partial charge in [0.05, 0.1) is 13.6 Å². The second-order valence-electron chi connectivity index (χ2n) is 8.37. The third-order valence-electron chi connectivity index (χ3n) is 5.93. The predicted molar refractivity (Wildman–Crippen MR) is 113 cm³/mol. The highest BCUT2D eigenvalue weighted by atomic mass is 28.3. The van der Waals surface area contributed by atoms with Crippen LogP contribution in [0.2, 0.25) is 24.7 Å². The SMILES string of the molecule is CCC[Si@]1(C)CC[C@@H](c2ccc(C(=O)Oc3ccc(OC(F)(F)F)cc3)cc2)CC1. The molecule has 3 nitrogen and oxygen atoms in total. The molecule has 7 heteroatoms. The van der Waals surface area contributed by atoms with Crippen LogP contribution in [0, 0.1) is 0 Å². The summed E-state index contributed by atoms with van der Waals surface area (Å²) in [7, 11) is -1.05. The van der Waals surface area contributed by atoms with Gasteiger partial charge in [0, 0.05) is 0 Å². The van der Waals surface area contributed by atoms with Crippen LogP contribution in [0.25, 0.3) is 0 Å². The van der Waals surface area contributed by atoms with Crippen molar-refractivity contribution >= 4 is 14.0 Å². The molecule has 0 saturated carbocycles. The highest BCUT2D eigenvalue weighted by Gasteiger charge is 2.33. The van der Waals surface area contributed by atoms with E-state index in [1.165, 1.54) is 55.1 Å². The quantitative estimate of drug-likeness (QED) is 0.273. The Bertz CT molecular complexity index is 839. The van der Waals surface area contributed by atoms with Gasteiger partial charge in [0.2, 0.25) is 0 Å². The third kappa shape index (κ3) is 6.11. The van der Waals surface area contributed by atoms with Crippen LogP contribution in [0.15, 0.2) is 48.5 Å². The normalized spacial score (nSPS) is 21.8. The lowest BCUT2D eigenvalue weighted by atomic mass is 9.93. The minimum atomic E-state index is -4.75. The van der Waals surface area contributed by atoms with Crippen LogP contribution in [0.5, 0.6) is 11.5 Å². The Kier molecular flexibility index (Phi) is 6.90. The second-order valence-corrected chi connectivity index (χ2v) is 13.5. The molecule has 3 rings (SSSR count). The van der Waals surface area contributed by atoms with E-state index < -0.39 is 20.4 Å². The summed E-state index contributed by atoms with van der Waals surface area (Å²) < 4.78 is 45.7. The average molecular weight is 437 g/mol. The number of benzene rings is 2. The Balaban J connectivity index is 1.56. The summed E-state index contributed by atoms with van der Waals surface area (Å²) in [5, 5.41) is 0. The molecule has 1 aliphatic heterocycles. The van der Waals surface area contributed by atoms with Crippen LogP contribution >= 0.6 is 0 Å². The average Bonchev–Trinajstić information content (AvgIpc) is 2.69. The lowest BCUT2D eigenvalue weighted by molar-refractivity contribution is -0.274. The number of carbonyl (C=O) groups excluding carboxylic acids is 1. The molecule has 0 amide bonds. The minimum Gasteiger partial charge on any atom is -0.423 e. The van der Waals surface area contributed by atoms with E-state index in [2.05, 4.69) is 18.2 Å². The van der Waals surface area contributed by atoms with Gasteiger partial charge in [-0.1, -0.05) is 50.2 Å². The van der Waals surface area contributed by atoms with Gasteiger partial charge in [0.15, 0.2) is 0 Å². The molecule has 0 N–H and O–H groups in total. The fourth-order valence-electron chi connectivity index (χ4n) is 4.27. The summed E-state index contributed by atoms with van der Waals surface area (Å²) in [6, 6.07) is 16.4. The van der Waals surface area contributed by atoms with Gasteiger partial charge in [-0.05, 0) is 60.7 Å². The number of halogens is 3. The maximum atomic E-state index is 12.3. The zero-order chi connectivity index (χ0) is 21.8. The van der Waals surface area contributed by atoms with Gasteiger partial charge >= 0.3 is 12.3 Å². The minimum absolute atomic E-state index is 0.158. The smallest absolute Gasteiger partial charge is 0.423 e. The lowest BCUT2D eigenvalue weighted by Crippen LogP contribution is -2.33. The topological polar surface area (TPSA) is 35.5 Å². The Hall–Kier alpha value is -2.28. The second kappa shape index (κ2) is 9.25. The Morgan fingerprint density at radius 1 is 1.00 bits per heavy atom. The van der Waals surface area contributed by atoms with Gasteiger partial charge in [0.1, 0.15) is 11.5 Å². The van der Waals surface area contributed by atoms with Crippen LogP contribution in [0.1, 0.15) is 48.0 Å². The fourth-order valence-corrected chi connectivity index (χ4v) is 8.32. The molecule has 162 valence electrons. The van der Waals surface area contributed by atoms with Crippen LogP contribution in [0.3, 0.4) is 0 Å². The van der Waals surface area contributed by atoms with Gasteiger partial charge in [0.25, 0.3) is 0 Å². The number of esters is 1. The molecule has 30 heavy (non-hydrogen) atoms. The monoisotopic (exact) mass is 436 g/mol. The zero-order valence-corrected chi connectivity index (χ0v) is 18.3. The van der Waals surface area contributed by atoms with Crippen molar-refractivity contribution in [1.29, 1.82) is 0 Å². The largest absolute Gasteiger partial charge is 0.573 e. The standard InChI is InChI=1S/C23H27F3O3Si/c1-3-14-30(2)15-12-18(13-16-30)17-4-6-19(7-5-17)22(27)28-20-8-10-21(11-9-20)29-23(24,25)26/h4-11,18H,3,12-16H2,1-2H3/t18-,30-. The van der Waals surface area contributed by atoms with Crippen LogP contribution in [0.4, 0.5) is 13.2 Å². The summed E-state index contributed by atoms with van der Waals surface area (Å²) in [5.41, 5.74) is 1.67. The van der Waals surface area contributed by atoms with Crippen molar-refractivity contribution in [3.8, 4) is 11.5 Å². The van der Waals surface area contributed by atoms with Crippen molar-refractivity contribution < 1.29 is 27.4 Å². The van der Waals surface area contributed by atoms with Crippen molar-refractivity contribution in [3.63, 3.8) is 0 Å². The van der Waals surface area contributed by atoms with E-state index in [0.29, 0.717) is 11.5 Å². The molecule has 0 bridgehead atoms. The first kappa shape index (κ1) is 22.4. The number of hydrogen-bond acceptors (Lipinski definition) is 3. The molecule has 2 aromatic carbocycles. The van der Waals surface area contributed by atoms with Gasteiger partial charge in [-0.15, -0.1) is 13.2 Å². The van der Waals surface area contributed by atoms with Crippen LogP contribution in [-0.2, 0) is 0 Å². The number of hydrogen-bond donors (Lipinski definition) is 0. The highest BCUT2D eigenvalue weighted by molar-refractivity contribution is 6.78. The van der Waals surface area contributed by atoms with Gasteiger partial charge in [-0.3, -0.25) is 0 Å². The van der Waals surface area contributed by atoms with E-state index in [1.807, 2.05) is 12.1 Å². The fraction of sp³-hybridized carbons (Fsp3) is 0.435. The van der Waals surface area contributed by atoms with Crippen LogP contribution in [-0.4, -0.2) is 20.4 Å². The molecule has 0 spiro atoms. The molecule has 0 aromatic heterocycles. The van der Waals surface area contributed by atoms with E-state index >= 15 is 0 Å². The summed E-state index contributed by atoms with van der Waals surface area (Å²) in [5.74, 6) is -0.199. The van der Waals surface area contributed by atoms with Gasteiger partial charge in [-0.2, -0.15) is 0 Å². The van der Waals surface area contributed by atoms with Crippen molar-refractivity contribution in [1.82, 2.24) is 0 Å². The van der Waals surface area contributed by atoms with Crippen LogP contribution < -0.4 is 9.47 Å². The molecule has 2 aromatic rings. The molecule has 0 atom stereocenters. The van der Waals surface area contributed by atoms with Crippen molar-refractivity contribution in [2.75, 3.05) is 0 Å². The number of ether oxygens (including phenoxy) is 2. The van der Waals surface area contributed by atoms with E-state index in [4.69, 9.17) is 4.74 Å². The summed E-state index contributed by atoms with van der Waals surface area (Å²) in [6.07, 6.45) is -1.03. The first-order valence-corrected chi connectivity index (χ1v) is 13.5. The maximum absolute atomic E-state index is 12.3. The molecule has 1 saturated heterocycles. The van der Waals surface area contributed by atoms with Gasteiger partial charge < -0.3 is 9.47 Å². The molecule has 0 aliphatic carbocycles. The Morgan fingerprint density at radius 3 is 2.10 bits per heavy atom. The van der Waals surface area contributed by atoms with E-state index in [9.17, 15) is 18.0 Å². The van der Waals surface area contributed by atoms with Crippen molar-refractivity contribution in [2.24, 2.45) is 0 Å². The molecule has 0 radical (unpaired) electrons. The van der Waals surface area contributed by atoms with E-state index in [1.54, 1.807) is 12.1 Å². The zero-order valence-electron chi connectivity index (χ0n) is 17.3.